The number of hydrogen-bond donors (Lipinski definition) is 1. The van der Waals surface area contributed by atoms with Crippen LogP contribution in [0.2, 0.25) is 0 Å². The second-order valence-electron chi connectivity index (χ2n) is 8.62. The molecule has 1 saturated heterocycles. The minimum Gasteiger partial charge on any atom is -0.493 e. The molecule has 10 heteroatoms. The van der Waals surface area contributed by atoms with Crippen molar-refractivity contribution in [1.29, 1.82) is 0 Å². The Morgan fingerprint density at radius 1 is 1.02 bits per heavy atom. The van der Waals surface area contributed by atoms with Gasteiger partial charge in [0.25, 0.3) is 11.8 Å². The molecule has 4 rings (SSSR count). The molecule has 0 atom stereocenters. The first-order valence-electron chi connectivity index (χ1n) is 12.0. The Morgan fingerprint density at radius 2 is 1.73 bits per heavy atom. The Morgan fingerprint density at radius 3 is 2.35 bits per heavy atom. The van der Waals surface area contributed by atoms with Crippen molar-refractivity contribution in [3.63, 3.8) is 0 Å². The summed E-state index contributed by atoms with van der Waals surface area (Å²) >= 11 is 0. The SMILES string of the molecule is C=CCc1cc(/C=C2\C(=O)NC(=O)N(c3ccc(C(=O)OC)cc3)C2=O)cc(OC)c1OCc1ccc(F)cc1. The monoisotopic (exact) mass is 544 g/mol. The number of halogens is 1. The van der Waals surface area contributed by atoms with Gasteiger partial charge in [-0.05, 0) is 72.2 Å². The van der Waals surface area contributed by atoms with E-state index in [9.17, 15) is 23.6 Å². The van der Waals surface area contributed by atoms with E-state index in [4.69, 9.17) is 9.47 Å². The average Bonchev–Trinajstić information content (AvgIpc) is 2.95. The number of carbonyl (C=O) groups excluding carboxylic acids is 4. The highest BCUT2D eigenvalue weighted by Crippen LogP contribution is 2.35. The Balaban J connectivity index is 1.67. The third kappa shape index (κ3) is 5.91. The first-order valence-corrected chi connectivity index (χ1v) is 12.0. The fraction of sp³-hybridized carbons (Fsp3) is 0.133. The zero-order valence-electron chi connectivity index (χ0n) is 21.7. The van der Waals surface area contributed by atoms with Gasteiger partial charge in [-0.2, -0.15) is 0 Å². The molecule has 0 aliphatic carbocycles. The highest BCUT2D eigenvalue weighted by molar-refractivity contribution is 6.39. The topological polar surface area (TPSA) is 111 Å². The summed E-state index contributed by atoms with van der Waals surface area (Å²) in [5.41, 5.74) is 1.95. The first kappa shape index (κ1) is 27.8. The normalized spacial score (nSPS) is 14.1. The van der Waals surface area contributed by atoms with E-state index in [-0.39, 0.29) is 29.2 Å². The molecule has 3 aromatic carbocycles. The number of hydrogen-bond acceptors (Lipinski definition) is 7. The molecular weight excluding hydrogens is 519 g/mol. The van der Waals surface area contributed by atoms with Gasteiger partial charge in [0.2, 0.25) is 0 Å². The maximum absolute atomic E-state index is 13.3. The number of amides is 4. The average molecular weight is 545 g/mol. The number of ether oxygens (including phenoxy) is 3. The molecule has 1 fully saturated rings. The molecule has 0 saturated carbocycles. The van der Waals surface area contributed by atoms with E-state index in [0.29, 0.717) is 29.0 Å². The van der Waals surface area contributed by atoms with Crippen molar-refractivity contribution in [2.24, 2.45) is 0 Å². The van der Waals surface area contributed by atoms with Crippen LogP contribution in [0, 0.1) is 5.82 Å². The van der Waals surface area contributed by atoms with E-state index in [0.717, 1.165) is 10.5 Å². The van der Waals surface area contributed by atoms with Crippen molar-refractivity contribution in [3.8, 4) is 11.5 Å². The number of allylic oxidation sites excluding steroid dienone is 1. The number of nitrogens with zero attached hydrogens (tertiary/aromatic N) is 1. The first-order chi connectivity index (χ1) is 19.2. The van der Waals surface area contributed by atoms with Crippen LogP contribution < -0.4 is 19.7 Å². The largest absolute Gasteiger partial charge is 0.493 e. The maximum Gasteiger partial charge on any atom is 0.337 e. The summed E-state index contributed by atoms with van der Waals surface area (Å²) in [5, 5.41) is 2.17. The van der Waals surface area contributed by atoms with Gasteiger partial charge in [-0.15, -0.1) is 6.58 Å². The fourth-order valence-corrected chi connectivity index (χ4v) is 4.05. The van der Waals surface area contributed by atoms with E-state index in [2.05, 4.69) is 16.6 Å². The Bertz CT molecular complexity index is 1510. The predicted octanol–water partition coefficient (Wildman–Crippen LogP) is 4.59. The van der Waals surface area contributed by atoms with Crippen LogP contribution in [0.5, 0.6) is 11.5 Å². The number of benzene rings is 3. The van der Waals surface area contributed by atoms with Crippen molar-refractivity contribution >= 4 is 35.6 Å². The van der Waals surface area contributed by atoms with E-state index in [1.807, 2.05) is 0 Å². The molecule has 0 bridgehead atoms. The number of rotatable bonds is 9. The van der Waals surface area contributed by atoms with Gasteiger partial charge in [-0.3, -0.25) is 14.9 Å². The predicted molar refractivity (Wildman–Crippen MR) is 144 cm³/mol. The van der Waals surface area contributed by atoms with Crippen molar-refractivity contribution < 1.29 is 37.8 Å². The summed E-state index contributed by atoms with van der Waals surface area (Å²) < 4.78 is 29.5. The molecule has 0 radical (unpaired) electrons. The lowest BCUT2D eigenvalue weighted by molar-refractivity contribution is -0.122. The van der Waals surface area contributed by atoms with E-state index in [1.165, 1.54) is 56.7 Å². The Hall–Kier alpha value is -5.25. The molecule has 0 spiro atoms. The highest BCUT2D eigenvalue weighted by Gasteiger charge is 2.37. The summed E-state index contributed by atoms with van der Waals surface area (Å²) in [6, 6.07) is 13.9. The van der Waals surface area contributed by atoms with Crippen LogP contribution in [-0.2, 0) is 27.4 Å². The molecule has 1 N–H and O–H groups in total. The maximum atomic E-state index is 13.3. The van der Waals surface area contributed by atoms with E-state index in [1.54, 1.807) is 30.3 Å². The molecule has 40 heavy (non-hydrogen) atoms. The van der Waals surface area contributed by atoms with Crippen LogP contribution in [0.25, 0.3) is 6.08 Å². The second-order valence-corrected chi connectivity index (χ2v) is 8.62. The Kier molecular flexibility index (Phi) is 8.39. The van der Waals surface area contributed by atoms with Crippen LogP contribution in [0.1, 0.15) is 27.0 Å². The standard InChI is InChI=1S/C30H25FN2O7/c1-4-5-21-14-19(16-25(38-2)26(21)40-17-18-6-10-22(31)11-7-18)15-24-27(34)32-30(37)33(28(24)35)23-12-8-20(9-13-23)29(36)39-3/h4,6-16H,1,5,17H2,2-3H3,(H,32,34,37)/b24-15+. The molecule has 204 valence electrons. The molecule has 0 aromatic heterocycles. The molecule has 4 amide bonds. The summed E-state index contributed by atoms with van der Waals surface area (Å²) in [6.07, 6.45) is 3.38. The smallest absolute Gasteiger partial charge is 0.337 e. The molecule has 0 unspecified atom stereocenters. The zero-order valence-corrected chi connectivity index (χ0v) is 21.7. The molecule has 1 aliphatic heterocycles. The number of urea groups is 1. The Labute approximate surface area is 229 Å². The summed E-state index contributed by atoms with van der Waals surface area (Å²) in [6.45, 7) is 3.93. The third-order valence-electron chi connectivity index (χ3n) is 5.99. The fourth-order valence-electron chi connectivity index (χ4n) is 4.05. The van der Waals surface area contributed by atoms with Crippen LogP contribution >= 0.6 is 0 Å². The van der Waals surface area contributed by atoms with Gasteiger partial charge in [-0.1, -0.05) is 18.2 Å². The minimum atomic E-state index is -0.924. The van der Waals surface area contributed by atoms with E-state index < -0.39 is 23.8 Å². The number of methoxy groups -OCH3 is 2. The molecule has 1 aliphatic rings. The number of anilines is 1. The number of barbiturate groups is 1. The summed E-state index contributed by atoms with van der Waals surface area (Å²) in [5.74, 6) is -1.88. The van der Waals surface area contributed by atoms with Crippen molar-refractivity contribution in [2.45, 2.75) is 13.0 Å². The van der Waals surface area contributed by atoms with Gasteiger partial charge in [-0.25, -0.2) is 18.9 Å². The molecule has 3 aromatic rings. The number of esters is 1. The zero-order chi connectivity index (χ0) is 28.8. The van der Waals surface area contributed by atoms with Gasteiger partial charge in [0.1, 0.15) is 18.0 Å². The van der Waals surface area contributed by atoms with Crippen molar-refractivity contribution in [2.75, 3.05) is 19.1 Å². The van der Waals surface area contributed by atoms with Crippen molar-refractivity contribution in [1.82, 2.24) is 5.32 Å². The van der Waals surface area contributed by atoms with Gasteiger partial charge < -0.3 is 14.2 Å². The lowest BCUT2D eigenvalue weighted by atomic mass is 10.0. The number of nitrogens with one attached hydrogen (secondary N) is 1. The summed E-state index contributed by atoms with van der Waals surface area (Å²) in [7, 11) is 2.69. The minimum absolute atomic E-state index is 0.147. The second kappa shape index (κ2) is 12.1. The highest BCUT2D eigenvalue weighted by atomic mass is 19.1. The van der Waals surface area contributed by atoms with Gasteiger partial charge in [0, 0.05) is 5.56 Å². The van der Waals surface area contributed by atoms with Gasteiger partial charge in [0.15, 0.2) is 11.5 Å². The van der Waals surface area contributed by atoms with Crippen LogP contribution in [-0.4, -0.2) is 38.0 Å². The molecule has 9 nitrogen and oxygen atoms in total. The van der Waals surface area contributed by atoms with Gasteiger partial charge >= 0.3 is 12.0 Å². The number of imide groups is 2. The van der Waals surface area contributed by atoms with Gasteiger partial charge in [0.05, 0.1) is 25.5 Å². The van der Waals surface area contributed by atoms with Crippen LogP contribution in [0.4, 0.5) is 14.9 Å². The molecular formula is C30H25FN2O7. The number of carbonyl (C=O) groups is 4. The third-order valence-corrected chi connectivity index (χ3v) is 5.99. The summed E-state index contributed by atoms with van der Waals surface area (Å²) in [4.78, 5) is 51.1. The van der Waals surface area contributed by atoms with Crippen molar-refractivity contribution in [3.05, 3.63) is 107 Å². The lowest BCUT2D eigenvalue weighted by Gasteiger charge is -2.26. The quantitative estimate of drug-likeness (QED) is 0.181. The van der Waals surface area contributed by atoms with E-state index >= 15 is 0 Å². The van der Waals surface area contributed by atoms with Crippen LogP contribution in [0.15, 0.2) is 78.9 Å². The van der Waals surface area contributed by atoms with Crippen LogP contribution in [0.3, 0.4) is 0 Å². The molecule has 1 heterocycles. The lowest BCUT2D eigenvalue weighted by Crippen LogP contribution is -2.54.